The van der Waals surface area contributed by atoms with E-state index in [9.17, 15) is 0 Å². The molecule has 2 atom stereocenters. The zero-order chi connectivity index (χ0) is 13.3. The Labute approximate surface area is 123 Å². The van der Waals surface area contributed by atoms with E-state index in [0.717, 1.165) is 16.6 Å². The molecule has 1 aliphatic heterocycles. The monoisotopic (exact) mass is 326 g/mol. The molecule has 1 aliphatic rings. The Morgan fingerprint density at radius 3 is 2.83 bits per heavy atom. The molecule has 98 valence electrons. The average Bonchev–Trinajstić information content (AvgIpc) is 2.33. The van der Waals surface area contributed by atoms with Gasteiger partial charge in [0.25, 0.3) is 0 Å². The molecule has 2 rings (SSSR count). The highest BCUT2D eigenvalue weighted by atomic mass is 79.9. The zero-order valence-corrected chi connectivity index (χ0v) is 13.2. The molecule has 1 aromatic rings. The largest absolute Gasteiger partial charge is 0.389 e. The fourth-order valence-electron chi connectivity index (χ4n) is 2.63. The van der Waals surface area contributed by atoms with Crippen molar-refractivity contribution in [2.45, 2.75) is 32.7 Å². The minimum Gasteiger partial charge on any atom is -0.389 e. The predicted octanol–water partition coefficient (Wildman–Crippen LogP) is 3.71. The van der Waals surface area contributed by atoms with Gasteiger partial charge in [0.15, 0.2) is 0 Å². The van der Waals surface area contributed by atoms with Gasteiger partial charge in [-0.1, -0.05) is 35.1 Å². The summed E-state index contributed by atoms with van der Waals surface area (Å²) in [7, 11) is 0. The Morgan fingerprint density at radius 2 is 2.17 bits per heavy atom. The molecular formula is C14H19BrN2S. The van der Waals surface area contributed by atoms with E-state index in [1.165, 1.54) is 18.5 Å². The molecule has 18 heavy (non-hydrogen) atoms. The highest BCUT2D eigenvalue weighted by Crippen LogP contribution is 2.32. The van der Waals surface area contributed by atoms with Gasteiger partial charge in [0.05, 0.1) is 0 Å². The maximum absolute atomic E-state index is 5.85. The summed E-state index contributed by atoms with van der Waals surface area (Å²) in [5.41, 5.74) is 8.00. The second kappa shape index (κ2) is 5.57. The summed E-state index contributed by atoms with van der Waals surface area (Å²) in [6, 6.07) is 6.73. The minimum atomic E-state index is 0.469. The highest BCUT2D eigenvalue weighted by molar-refractivity contribution is 9.10. The molecule has 2 unspecified atom stereocenters. The number of benzene rings is 1. The zero-order valence-electron chi connectivity index (χ0n) is 10.8. The van der Waals surface area contributed by atoms with Crippen LogP contribution in [0.2, 0.25) is 0 Å². The SMILES string of the molecule is CC1CCCN(c2ccc(Br)cc2C(N)=S)C1C. The first kappa shape index (κ1) is 13.8. The summed E-state index contributed by atoms with van der Waals surface area (Å²) in [6.45, 7) is 5.69. The third-order valence-corrected chi connectivity index (χ3v) is 4.62. The van der Waals surface area contributed by atoms with Gasteiger partial charge in [-0.05, 0) is 43.9 Å². The molecule has 0 aliphatic carbocycles. The fourth-order valence-corrected chi connectivity index (χ4v) is 3.16. The van der Waals surface area contributed by atoms with Crippen LogP contribution in [0.15, 0.2) is 22.7 Å². The molecule has 0 bridgehead atoms. The van der Waals surface area contributed by atoms with Crippen molar-refractivity contribution in [2.75, 3.05) is 11.4 Å². The van der Waals surface area contributed by atoms with Crippen molar-refractivity contribution in [1.82, 2.24) is 0 Å². The molecular weight excluding hydrogens is 308 g/mol. The summed E-state index contributed by atoms with van der Waals surface area (Å²) < 4.78 is 1.02. The van der Waals surface area contributed by atoms with E-state index in [2.05, 4.69) is 46.8 Å². The number of rotatable bonds is 2. The molecule has 0 radical (unpaired) electrons. The normalized spacial score (nSPS) is 24.1. The van der Waals surface area contributed by atoms with E-state index >= 15 is 0 Å². The molecule has 0 aromatic heterocycles. The van der Waals surface area contributed by atoms with Gasteiger partial charge in [0.2, 0.25) is 0 Å². The number of halogens is 1. The lowest BCUT2D eigenvalue weighted by Crippen LogP contribution is -2.43. The van der Waals surface area contributed by atoms with Crippen molar-refractivity contribution >= 4 is 38.8 Å². The van der Waals surface area contributed by atoms with Crippen LogP contribution in [-0.4, -0.2) is 17.6 Å². The maximum Gasteiger partial charge on any atom is 0.106 e. The van der Waals surface area contributed by atoms with Gasteiger partial charge in [0.1, 0.15) is 4.99 Å². The van der Waals surface area contributed by atoms with Crippen LogP contribution in [0.4, 0.5) is 5.69 Å². The number of thiocarbonyl (C=S) groups is 1. The van der Waals surface area contributed by atoms with Crippen molar-refractivity contribution in [3.8, 4) is 0 Å². The molecule has 0 saturated carbocycles. The second-order valence-electron chi connectivity index (χ2n) is 5.08. The lowest BCUT2D eigenvalue weighted by Gasteiger charge is -2.40. The quantitative estimate of drug-likeness (QED) is 0.840. The number of nitrogens with zero attached hydrogens (tertiary/aromatic N) is 1. The second-order valence-corrected chi connectivity index (χ2v) is 6.43. The third kappa shape index (κ3) is 2.69. The van der Waals surface area contributed by atoms with E-state index in [1.807, 2.05) is 6.07 Å². The summed E-state index contributed by atoms with van der Waals surface area (Å²) in [6.07, 6.45) is 2.54. The highest BCUT2D eigenvalue weighted by Gasteiger charge is 2.26. The number of anilines is 1. The topological polar surface area (TPSA) is 29.3 Å². The Morgan fingerprint density at radius 1 is 1.44 bits per heavy atom. The smallest absolute Gasteiger partial charge is 0.106 e. The van der Waals surface area contributed by atoms with E-state index in [1.54, 1.807) is 0 Å². The fraction of sp³-hybridized carbons (Fsp3) is 0.500. The van der Waals surface area contributed by atoms with E-state index < -0.39 is 0 Å². The summed E-state index contributed by atoms with van der Waals surface area (Å²) in [5, 5.41) is 0. The van der Waals surface area contributed by atoms with Crippen LogP contribution in [0, 0.1) is 5.92 Å². The summed E-state index contributed by atoms with van der Waals surface area (Å²) in [4.78, 5) is 2.91. The van der Waals surface area contributed by atoms with Gasteiger partial charge in [-0.2, -0.15) is 0 Å². The number of hydrogen-bond donors (Lipinski definition) is 1. The van der Waals surface area contributed by atoms with E-state index in [0.29, 0.717) is 16.9 Å². The molecule has 1 saturated heterocycles. The van der Waals surface area contributed by atoms with E-state index in [4.69, 9.17) is 18.0 Å². The van der Waals surface area contributed by atoms with Gasteiger partial charge in [0, 0.05) is 28.3 Å². The van der Waals surface area contributed by atoms with Gasteiger partial charge in [-0.15, -0.1) is 0 Å². The maximum atomic E-state index is 5.85. The standard InChI is InChI=1S/C14H19BrN2S/c1-9-4-3-7-17(10(9)2)13-6-5-11(15)8-12(13)14(16)18/h5-6,8-10H,3-4,7H2,1-2H3,(H2,16,18). The molecule has 4 heteroatoms. The molecule has 2 N–H and O–H groups in total. The van der Waals surface area contributed by atoms with Crippen molar-refractivity contribution in [3.63, 3.8) is 0 Å². The van der Waals surface area contributed by atoms with Crippen LogP contribution in [0.25, 0.3) is 0 Å². The number of hydrogen-bond acceptors (Lipinski definition) is 2. The Kier molecular flexibility index (Phi) is 4.28. The first-order valence-corrected chi connectivity index (χ1v) is 7.57. The summed E-state index contributed by atoms with van der Waals surface area (Å²) >= 11 is 8.66. The number of piperidine rings is 1. The van der Waals surface area contributed by atoms with Crippen molar-refractivity contribution < 1.29 is 0 Å². The van der Waals surface area contributed by atoms with Gasteiger partial charge >= 0.3 is 0 Å². The van der Waals surface area contributed by atoms with Crippen LogP contribution >= 0.6 is 28.1 Å². The van der Waals surface area contributed by atoms with Gasteiger partial charge in [-0.25, -0.2) is 0 Å². The van der Waals surface area contributed by atoms with Crippen LogP contribution in [-0.2, 0) is 0 Å². The predicted molar refractivity (Wildman–Crippen MR) is 85.2 cm³/mol. The van der Waals surface area contributed by atoms with Gasteiger partial charge < -0.3 is 10.6 Å². The van der Waals surface area contributed by atoms with Crippen LogP contribution < -0.4 is 10.6 Å². The third-order valence-electron chi connectivity index (χ3n) is 3.91. The van der Waals surface area contributed by atoms with Crippen LogP contribution in [0.5, 0.6) is 0 Å². The van der Waals surface area contributed by atoms with E-state index in [-0.39, 0.29) is 0 Å². The molecule has 1 fully saturated rings. The lowest BCUT2D eigenvalue weighted by atomic mass is 9.91. The minimum absolute atomic E-state index is 0.469. The first-order chi connectivity index (χ1) is 8.50. The van der Waals surface area contributed by atoms with Crippen molar-refractivity contribution in [1.29, 1.82) is 0 Å². The van der Waals surface area contributed by atoms with Crippen molar-refractivity contribution in [2.24, 2.45) is 11.7 Å². The van der Waals surface area contributed by atoms with Crippen LogP contribution in [0.3, 0.4) is 0 Å². The van der Waals surface area contributed by atoms with Crippen molar-refractivity contribution in [3.05, 3.63) is 28.2 Å². The van der Waals surface area contributed by atoms with Crippen LogP contribution in [0.1, 0.15) is 32.3 Å². The molecule has 1 heterocycles. The number of nitrogens with two attached hydrogens (primary N) is 1. The Hall–Kier alpha value is -0.610. The molecule has 0 spiro atoms. The summed E-state index contributed by atoms with van der Waals surface area (Å²) in [5.74, 6) is 0.710. The average molecular weight is 327 g/mol. The Balaban J connectivity index is 2.40. The molecule has 2 nitrogen and oxygen atoms in total. The van der Waals surface area contributed by atoms with Gasteiger partial charge in [-0.3, -0.25) is 0 Å². The lowest BCUT2D eigenvalue weighted by molar-refractivity contribution is 0.363. The molecule has 0 amide bonds. The Bertz CT molecular complexity index is 461. The first-order valence-electron chi connectivity index (χ1n) is 6.36. The molecule has 1 aromatic carbocycles.